The Morgan fingerprint density at radius 2 is 1.02 bits per heavy atom. The Balaban J connectivity index is 1.19. The molecule has 3 aromatic heterocycles. The normalized spacial score (nSPS) is 15.7. The number of amidine groups is 1. The number of para-hydroxylation sites is 2. The smallest absolute Gasteiger partial charge is 0.235 e. The van der Waals surface area contributed by atoms with Crippen molar-refractivity contribution in [3.8, 4) is 28.5 Å². The van der Waals surface area contributed by atoms with Crippen molar-refractivity contribution in [2.75, 3.05) is 0 Å². The average molecular weight is 722 g/mol. The molecule has 0 bridgehead atoms. The first-order chi connectivity index (χ1) is 27.8. The van der Waals surface area contributed by atoms with Gasteiger partial charge in [0.15, 0.2) is 6.29 Å². The number of fused-ring (bicyclic) bond motifs is 7. The van der Waals surface area contributed by atoms with E-state index in [0.29, 0.717) is 5.95 Å². The van der Waals surface area contributed by atoms with Gasteiger partial charge in [0.1, 0.15) is 12.0 Å². The van der Waals surface area contributed by atoms with Crippen LogP contribution in [0.4, 0.5) is 0 Å². The molecule has 11 rings (SSSR count). The monoisotopic (exact) mass is 721 g/mol. The fourth-order valence-corrected chi connectivity index (χ4v) is 8.30. The first-order valence-corrected chi connectivity index (χ1v) is 18.9. The number of aliphatic imine (C=N–C) groups is 1. The van der Waals surface area contributed by atoms with E-state index in [2.05, 4.69) is 184 Å². The molecule has 2 atom stereocenters. The average Bonchev–Trinajstić information content (AvgIpc) is 3.80. The van der Waals surface area contributed by atoms with Gasteiger partial charge in [-0.15, -0.1) is 0 Å². The van der Waals surface area contributed by atoms with Gasteiger partial charge in [-0.3, -0.25) is 9.88 Å². The van der Waals surface area contributed by atoms with Crippen LogP contribution in [-0.4, -0.2) is 24.9 Å². The molecule has 1 aliphatic rings. The number of benzene rings is 7. The zero-order valence-corrected chi connectivity index (χ0v) is 30.3. The third-order valence-electron chi connectivity index (χ3n) is 10.8. The molecule has 0 saturated carbocycles. The van der Waals surface area contributed by atoms with E-state index in [1.165, 1.54) is 0 Å². The molecule has 7 nitrogen and oxygen atoms in total. The fourth-order valence-electron chi connectivity index (χ4n) is 8.30. The zero-order chi connectivity index (χ0) is 37.0. The molecule has 2 N–H and O–H groups in total. The minimum atomic E-state index is -0.326. The highest BCUT2D eigenvalue weighted by Gasteiger charge is 2.29. The molecular formula is C49H35N7. The van der Waals surface area contributed by atoms with E-state index in [1.54, 1.807) is 0 Å². The van der Waals surface area contributed by atoms with E-state index in [4.69, 9.17) is 15.0 Å². The van der Waals surface area contributed by atoms with Gasteiger partial charge in [-0.1, -0.05) is 164 Å². The number of hydrogen-bond acceptors (Lipinski definition) is 5. The summed E-state index contributed by atoms with van der Waals surface area (Å²) >= 11 is 0. The molecule has 0 radical (unpaired) electrons. The van der Waals surface area contributed by atoms with Gasteiger partial charge in [-0.25, -0.2) is 15.0 Å². The predicted octanol–water partition coefficient (Wildman–Crippen LogP) is 10.8. The van der Waals surface area contributed by atoms with Crippen molar-refractivity contribution in [3.63, 3.8) is 0 Å². The summed E-state index contributed by atoms with van der Waals surface area (Å²) in [5.74, 6) is 1.46. The summed E-state index contributed by atoms with van der Waals surface area (Å²) in [6.07, 6.45) is -0.595. The van der Waals surface area contributed by atoms with Gasteiger partial charge in [0.2, 0.25) is 5.95 Å². The van der Waals surface area contributed by atoms with E-state index in [-0.39, 0.29) is 12.5 Å². The molecular weight excluding hydrogens is 687 g/mol. The second-order valence-corrected chi connectivity index (χ2v) is 14.1. The zero-order valence-electron chi connectivity index (χ0n) is 30.3. The third kappa shape index (κ3) is 5.28. The number of hydrogen-bond donors (Lipinski definition) is 2. The van der Waals surface area contributed by atoms with Gasteiger partial charge in [0.25, 0.3) is 0 Å². The molecule has 0 saturated heterocycles. The van der Waals surface area contributed by atoms with E-state index in [0.717, 1.165) is 83.1 Å². The number of nitrogens with zero attached hydrogens (tertiary/aromatic N) is 5. The Labute approximate surface area is 323 Å². The topological polar surface area (TPSA) is 72.1 Å². The van der Waals surface area contributed by atoms with Crippen molar-refractivity contribution >= 4 is 49.4 Å². The molecule has 4 heterocycles. The van der Waals surface area contributed by atoms with Crippen LogP contribution in [-0.2, 0) is 0 Å². The predicted molar refractivity (Wildman–Crippen MR) is 228 cm³/mol. The minimum Gasteiger partial charge on any atom is -0.337 e. The van der Waals surface area contributed by atoms with Crippen molar-refractivity contribution in [1.29, 1.82) is 0 Å². The van der Waals surface area contributed by atoms with Crippen LogP contribution in [0.15, 0.2) is 193 Å². The standard InChI is InChI=1S/C49H35N7/c1-5-17-32(18-6-1)39-31-40(33-19-7-2-8-20-33)51-48(50-39)56-41-27-15-13-25-36(41)37-29-30-43-44(45(37)56)38-26-14-16-28-42(38)55(43)49-53-46(34-21-9-3-10-22-34)52-47(54-49)35-23-11-4-12-24-35/h1-31,46,49,53H,(H,52,54). The Kier molecular flexibility index (Phi) is 7.57. The van der Waals surface area contributed by atoms with E-state index >= 15 is 0 Å². The summed E-state index contributed by atoms with van der Waals surface area (Å²) in [5, 5.41) is 12.2. The summed E-state index contributed by atoms with van der Waals surface area (Å²) < 4.78 is 4.66. The molecule has 0 fully saturated rings. The molecule has 7 aromatic carbocycles. The molecule has 0 spiro atoms. The molecule has 266 valence electrons. The lowest BCUT2D eigenvalue weighted by atomic mass is 10.1. The maximum Gasteiger partial charge on any atom is 0.235 e. The summed E-state index contributed by atoms with van der Waals surface area (Å²) in [4.78, 5) is 15.9. The number of rotatable bonds is 6. The van der Waals surface area contributed by atoms with Gasteiger partial charge in [0.05, 0.1) is 33.5 Å². The number of aromatic nitrogens is 4. The second kappa shape index (κ2) is 13.2. The highest BCUT2D eigenvalue weighted by atomic mass is 15.4. The van der Waals surface area contributed by atoms with Gasteiger partial charge in [-0.05, 0) is 29.8 Å². The quantitative estimate of drug-likeness (QED) is 0.179. The van der Waals surface area contributed by atoms with Crippen molar-refractivity contribution in [3.05, 3.63) is 199 Å². The lowest BCUT2D eigenvalue weighted by Gasteiger charge is -2.33. The van der Waals surface area contributed by atoms with E-state index in [1.807, 2.05) is 24.3 Å². The summed E-state index contributed by atoms with van der Waals surface area (Å²) in [6, 6.07) is 65.5. The maximum atomic E-state index is 5.35. The molecule has 0 amide bonds. The Hall–Kier alpha value is -7.35. The fraction of sp³-hybridized carbons (Fsp3) is 0.0408. The highest BCUT2D eigenvalue weighted by Crippen LogP contribution is 2.42. The lowest BCUT2D eigenvalue weighted by molar-refractivity contribution is 0.329. The first kappa shape index (κ1) is 32.1. The van der Waals surface area contributed by atoms with Gasteiger partial charge < -0.3 is 9.88 Å². The highest BCUT2D eigenvalue weighted by molar-refractivity contribution is 6.25. The summed E-state index contributed by atoms with van der Waals surface area (Å²) in [5.41, 5.74) is 10.2. The van der Waals surface area contributed by atoms with Crippen molar-refractivity contribution in [2.24, 2.45) is 4.99 Å². The number of nitrogens with one attached hydrogen (secondary N) is 2. The van der Waals surface area contributed by atoms with Gasteiger partial charge in [-0.2, -0.15) is 0 Å². The van der Waals surface area contributed by atoms with Gasteiger partial charge in [0, 0.05) is 38.2 Å². The van der Waals surface area contributed by atoms with Crippen molar-refractivity contribution < 1.29 is 0 Å². The molecule has 0 aliphatic carbocycles. The molecule has 7 heteroatoms. The lowest BCUT2D eigenvalue weighted by Crippen LogP contribution is -2.47. The largest absolute Gasteiger partial charge is 0.337 e. The summed E-state index contributed by atoms with van der Waals surface area (Å²) in [7, 11) is 0. The van der Waals surface area contributed by atoms with E-state index in [9.17, 15) is 0 Å². The second-order valence-electron chi connectivity index (χ2n) is 14.1. The van der Waals surface area contributed by atoms with Crippen LogP contribution in [0.2, 0.25) is 0 Å². The van der Waals surface area contributed by atoms with Crippen LogP contribution in [0.3, 0.4) is 0 Å². The van der Waals surface area contributed by atoms with Crippen LogP contribution >= 0.6 is 0 Å². The van der Waals surface area contributed by atoms with Crippen LogP contribution in [0.5, 0.6) is 0 Å². The Morgan fingerprint density at radius 3 is 1.68 bits per heavy atom. The Bertz CT molecular complexity index is 3020. The SMILES string of the molecule is c1ccc(C2=NC(c3ccccc3)NC(n3c4ccccc4c4c5c(ccc43)c3ccccc3n5-c3nc(-c4ccccc4)cc(-c4ccccc4)n3)N2)cc1. The minimum absolute atomic E-state index is 0.269. The van der Waals surface area contributed by atoms with Gasteiger partial charge >= 0.3 is 0 Å². The van der Waals surface area contributed by atoms with Crippen molar-refractivity contribution in [1.82, 2.24) is 29.7 Å². The molecule has 10 aromatic rings. The molecule has 1 aliphatic heterocycles. The van der Waals surface area contributed by atoms with Crippen LogP contribution in [0.25, 0.3) is 72.1 Å². The van der Waals surface area contributed by atoms with Crippen LogP contribution in [0.1, 0.15) is 23.6 Å². The maximum absolute atomic E-state index is 5.35. The summed E-state index contributed by atoms with van der Waals surface area (Å²) in [6.45, 7) is 0. The van der Waals surface area contributed by atoms with Crippen LogP contribution in [0, 0.1) is 0 Å². The van der Waals surface area contributed by atoms with Crippen molar-refractivity contribution in [2.45, 2.75) is 12.5 Å². The Morgan fingerprint density at radius 1 is 0.464 bits per heavy atom. The molecule has 2 unspecified atom stereocenters. The third-order valence-corrected chi connectivity index (χ3v) is 10.8. The molecule has 56 heavy (non-hydrogen) atoms. The first-order valence-electron chi connectivity index (χ1n) is 18.9. The van der Waals surface area contributed by atoms with E-state index < -0.39 is 0 Å². The van der Waals surface area contributed by atoms with Crippen LogP contribution < -0.4 is 10.6 Å².